The summed E-state index contributed by atoms with van der Waals surface area (Å²) in [6.45, 7) is 2.94. The number of ether oxygens (including phenoxy) is 1. The minimum atomic E-state index is 0.279. The van der Waals surface area contributed by atoms with E-state index in [9.17, 15) is 5.11 Å². The molecule has 1 unspecified atom stereocenters. The average molecular weight is 311 g/mol. The van der Waals surface area contributed by atoms with Gasteiger partial charge in [-0.1, -0.05) is 42.5 Å². The number of hydrogen-bond acceptors (Lipinski definition) is 3. The number of aliphatic hydroxyl groups excluding tert-OH is 1. The SMILES string of the molecule is OCCC1CCCN1Cc1cccc(OCc2ccccc2)c1. The fraction of sp³-hybridized carbons (Fsp3) is 0.400. The quantitative estimate of drug-likeness (QED) is 0.848. The van der Waals surface area contributed by atoms with Gasteiger partial charge in [-0.15, -0.1) is 0 Å². The summed E-state index contributed by atoms with van der Waals surface area (Å²) in [4.78, 5) is 2.48. The lowest BCUT2D eigenvalue weighted by molar-refractivity contribution is 0.189. The van der Waals surface area contributed by atoms with Gasteiger partial charge in [-0.3, -0.25) is 4.90 Å². The van der Waals surface area contributed by atoms with Gasteiger partial charge in [-0.2, -0.15) is 0 Å². The Balaban J connectivity index is 1.59. The van der Waals surface area contributed by atoms with Gasteiger partial charge in [-0.25, -0.2) is 0 Å². The maximum Gasteiger partial charge on any atom is 0.120 e. The normalized spacial score (nSPS) is 18.2. The number of benzene rings is 2. The molecule has 0 saturated carbocycles. The second-order valence-electron chi connectivity index (χ2n) is 6.20. The Morgan fingerprint density at radius 3 is 2.70 bits per heavy atom. The fourth-order valence-corrected chi connectivity index (χ4v) is 3.29. The van der Waals surface area contributed by atoms with Crippen LogP contribution in [0.5, 0.6) is 5.75 Å². The van der Waals surface area contributed by atoms with Gasteiger partial charge in [0.1, 0.15) is 12.4 Å². The van der Waals surface area contributed by atoms with Crippen LogP contribution < -0.4 is 4.74 Å². The Bertz CT molecular complexity index is 600. The summed E-state index contributed by atoms with van der Waals surface area (Å²) < 4.78 is 5.91. The van der Waals surface area contributed by atoms with Gasteiger partial charge in [0.2, 0.25) is 0 Å². The monoisotopic (exact) mass is 311 g/mol. The topological polar surface area (TPSA) is 32.7 Å². The van der Waals surface area contributed by atoms with E-state index in [4.69, 9.17) is 4.74 Å². The predicted molar refractivity (Wildman–Crippen MR) is 92.4 cm³/mol. The number of nitrogens with zero attached hydrogens (tertiary/aromatic N) is 1. The van der Waals surface area contributed by atoms with Crippen molar-refractivity contribution in [3.8, 4) is 5.75 Å². The molecule has 0 amide bonds. The zero-order valence-corrected chi connectivity index (χ0v) is 13.5. The van der Waals surface area contributed by atoms with Gasteiger partial charge in [0.25, 0.3) is 0 Å². The molecule has 23 heavy (non-hydrogen) atoms. The third-order valence-electron chi connectivity index (χ3n) is 4.49. The minimum Gasteiger partial charge on any atom is -0.489 e. The van der Waals surface area contributed by atoms with Crippen LogP contribution in [0.4, 0.5) is 0 Å². The third kappa shape index (κ3) is 4.57. The highest BCUT2D eigenvalue weighted by molar-refractivity contribution is 5.29. The second kappa shape index (κ2) is 8.14. The lowest BCUT2D eigenvalue weighted by atomic mass is 10.1. The maximum absolute atomic E-state index is 9.19. The number of aliphatic hydroxyl groups is 1. The molecule has 1 heterocycles. The van der Waals surface area contributed by atoms with Gasteiger partial charge < -0.3 is 9.84 Å². The van der Waals surface area contributed by atoms with E-state index in [1.54, 1.807) is 0 Å². The summed E-state index contributed by atoms with van der Waals surface area (Å²) in [7, 11) is 0. The minimum absolute atomic E-state index is 0.279. The summed E-state index contributed by atoms with van der Waals surface area (Å²) in [6.07, 6.45) is 3.31. The van der Waals surface area contributed by atoms with Gasteiger partial charge in [-0.05, 0) is 49.1 Å². The van der Waals surface area contributed by atoms with E-state index in [0.717, 1.165) is 25.3 Å². The zero-order valence-electron chi connectivity index (χ0n) is 13.5. The Labute approximate surface area is 138 Å². The molecular formula is C20H25NO2. The predicted octanol–water partition coefficient (Wildman–Crippen LogP) is 3.61. The molecule has 3 nitrogen and oxygen atoms in total. The van der Waals surface area contributed by atoms with Crippen molar-refractivity contribution in [2.75, 3.05) is 13.2 Å². The van der Waals surface area contributed by atoms with Crippen molar-refractivity contribution < 1.29 is 9.84 Å². The molecule has 3 rings (SSSR count). The largest absolute Gasteiger partial charge is 0.489 e. The molecule has 1 saturated heterocycles. The van der Waals surface area contributed by atoms with E-state index >= 15 is 0 Å². The van der Waals surface area contributed by atoms with Gasteiger partial charge in [0, 0.05) is 19.2 Å². The summed E-state index contributed by atoms with van der Waals surface area (Å²) >= 11 is 0. The van der Waals surface area contributed by atoms with Crippen LogP contribution in [0.1, 0.15) is 30.4 Å². The zero-order chi connectivity index (χ0) is 15.9. The molecule has 0 aliphatic carbocycles. The van der Waals surface area contributed by atoms with Crippen LogP contribution in [0, 0.1) is 0 Å². The Morgan fingerprint density at radius 2 is 1.87 bits per heavy atom. The van der Waals surface area contributed by atoms with Crippen LogP contribution in [0.2, 0.25) is 0 Å². The van der Waals surface area contributed by atoms with Crippen molar-refractivity contribution in [3.63, 3.8) is 0 Å². The lowest BCUT2D eigenvalue weighted by Crippen LogP contribution is -2.29. The first-order valence-electron chi connectivity index (χ1n) is 8.46. The van der Waals surface area contributed by atoms with Crippen molar-refractivity contribution in [2.24, 2.45) is 0 Å². The van der Waals surface area contributed by atoms with Crippen molar-refractivity contribution in [3.05, 3.63) is 65.7 Å². The van der Waals surface area contributed by atoms with Crippen LogP contribution in [0.25, 0.3) is 0 Å². The molecule has 0 aromatic heterocycles. The molecule has 1 fully saturated rings. The smallest absolute Gasteiger partial charge is 0.120 e. The molecule has 122 valence electrons. The average Bonchev–Trinajstić information content (AvgIpc) is 3.02. The Morgan fingerprint density at radius 1 is 1.04 bits per heavy atom. The molecule has 3 heteroatoms. The molecule has 0 radical (unpaired) electrons. The highest BCUT2D eigenvalue weighted by Crippen LogP contribution is 2.24. The van der Waals surface area contributed by atoms with Gasteiger partial charge >= 0.3 is 0 Å². The molecule has 0 bridgehead atoms. The first-order chi connectivity index (χ1) is 11.3. The Hall–Kier alpha value is -1.84. The molecule has 1 aliphatic heterocycles. The van der Waals surface area contributed by atoms with Crippen LogP contribution in [-0.2, 0) is 13.2 Å². The van der Waals surface area contributed by atoms with Crippen molar-refractivity contribution >= 4 is 0 Å². The highest BCUT2D eigenvalue weighted by atomic mass is 16.5. The van der Waals surface area contributed by atoms with Crippen molar-refractivity contribution in [1.82, 2.24) is 4.90 Å². The first kappa shape index (κ1) is 16.0. The van der Waals surface area contributed by atoms with Crippen molar-refractivity contribution in [2.45, 2.75) is 38.5 Å². The van der Waals surface area contributed by atoms with Crippen LogP contribution in [0.3, 0.4) is 0 Å². The summed E-state index contributed by atoms with van der Waals surface area (Å²) in [5.74, 6) is 0.921. The summed E-state index contributed by atoms with van der Waals surface area (Å²) in [6, 6.07) is 19.1. The first-order valence-corrected chi connectivity index (χ1v) is 8.46. The Kier molecular flexibility index (Phi) is 5.67. The number of likely N-dealkylation sites (tertiary alicyclic amines) is 1. The van der Waals surface area contributed by atoms with Gasteiger partial charge in [0.15, 0.2) is 0 Å². The molecule has 1 aliphatic rings. The molecule has 1 N–H and O–H groups in total. The summed E-state index contributed by atoms with van der Waals surface area (Å²) in [5, 5.41) is 9.19. The molecular weight excluding hydrogens is 286 g/mol. The van der Waals surface area contributed by atoms with Crippen LogP contribution >= 0.6 is 0 Å². The standard InChI is InChI=1S/C20H25NO2/c22-13-11-19-9-5-12-21(19)15-18-8-4-10-20(14-18)23-16-17-6-2-1-3-7-17/h1-4,6-8,10,14,19,22H,5,9,11-13,15-16H2. The van der Waals surface area contributed by atoms with E-state index in [2.05, 4.69) is 35.2 Å². The van der Waals surface area contributed by atoms with Crippen LogP contribution in [0.15, 0.2) is 54.6 Å². The number of hydrogen-bond donors (Lipinski definition) is 1. The lowest BCUT2D eigenvalue weighted by Gasteiger charge is -2.24. The molecule has 0 spiro atoms. The van der Waals surface area contributed by atoms with E-state index in [-0.39, 0.29) is 6.61 Å². The van der Waals surface area contributed by atoms with Crippen LogP contribution in [-0.4, -0.2) is 29.2 Å². The van der Waals surface area contributed by atoms with E-state index in [0.29, 0.717) is 12.6 Å². The van der Waals surface area contributed by atoms with E-state index in [1.807, 2.05) is 24.3 Å². The fourth-order valence-electron chi connectivity index (χ4n) is 3.29. The second-order valence-corrected chi connectivity index (χ2v) is 6.20. The van der Waals surface area contributed by atoms with E-state index in [1.165, 1.54) is 24.0 Å². The number of rotatable bonds is 7. The van der Waals surface area contributed by atoms with E-state index < -0.39 is 0 Å². The molecule has 2 aromatic rings. The maximum atomic E-state index is 9.19. The van der Waals surface area contributed by atoms with Crippen molar-refractivity contribution in [1.29, 1.82) is 0 Å². The highest BCUT2D eigenvalue weighted by Gasteiger charge is 2.23. The molecule has 1 atom stereocenters. The third-order valence-corrected chi connectivity index (χ3v) is 4.49. The van der Waals surface area contributed by atoms with Gasteiger partial charge in [0.05, 0.1) is 0 Å². The summed E-state index contributed by atoms with van der Waals surface area (Å²) in [5.41, 5.74) is 2.46. The molecule has 2 aromatic carbocycles.